The summed E-state index contributed by atoms with van der Waals surface area (Å²) in [6, 6.07) is 9.64. The predicted molar refractivity (Wildman–Crippen MR) is 79.5 cm³/mol. The molecule has 0 atom stereocenters. The second-order valence-electron chi connectivity index (χ2n) is 4.62. The van der Waals surface area contributed by atoms with Crippen molar-refractivity contribution in [1.29, 1.82) is 0 Å². The van der Waals surface area contributed by atoms with E-state index >= 15 is 0 Å². The topological polar surface area (TPSA) is 39.4 Å². The highest BCUT2D eigenvalue weighted by molar-refractivity contribution is 6.29. The summed E-state index contributed by atoms with van der Waals surface area (Å²) in [6.45, 7) is 3.86. The van der Waals surface area contributed by atoms with Crippen LogP contribution in [0, 0.1) is 13.8 Å². The van der Waals surface area contributed by atoms with Gasteiger partial charge in [0.15, 0.2) is 5.65 Å². The molecule has 0 aliphatic carbocycles. The van der Waals surface area contributed by atoms with Crippen LogP contribution in [0.2, 0.25) is 5.15 Å². The zero-order chi connectivity index (χ0) is 14.3. The van der Waals surface area contributed by atoms with Gasteiger partial charge in [-0.05, 0) is 26.0 Å². The fraction of sp³-hybridized carbons (Fsp3) is 0.200. The van der Waals surface area contributed by atoms with Crippen LogP contribution < -0.4 is 4.74 Å². The molecule has 0 unspecified atom stereocenters. The van der Waals surface area contributed by atoms with Crippen LogP contribution in [0.25, 0.3) is 16.8 Å². The summed E-state index contributed by atoms with van der Waals surface area (Å²) in [5.74, 6) is 0.796. The van der Waals surface area contributed by atoms with E-state index in [4.69, 9.17) is 16.3 Å². The van der Waals surface area contributed by atoms with Crippen molar-refractivity contribution >= 4 is 17.2 Å². The molecule has 102 valence electrons. The summed E-state index contributed by atoms with van der Waals surface area (Å²) in [5.41, 5.74) is 4.40. The number of halogens is 1. The lowest BCUT2D eigenvalue weighted by Crippen LogP contribution is -1.95. The van der Waals surface area contributed by atoms with Crippen molar-refractivity contribution in [1.82, 2.24) is 14.6 Å². The molecule has 0 aliphatic rings. The normalized spacial score (nSPS) is 11.0. The number of nitrogens with zero attached hydrogens (tertiary/aromatic N) is 3. The predicted octanol–water partition coefficient (Wildman–Crippen LogP) is 3.68. The Morgan fingerprint density at radius 1 is 1.20 bits per heavy atom. The van der Waals surface area contributed by atoms with E-state index in [-0.39, 0.29) is 0 Å². The van der Waals surface area contributed by atoms with E-state index in [1.165, 1.54) is 0 Å². The molecule has 2 heterocycles. The van der Waals surface area contributed by atoms with Crippen molar-refractivity contribution in [3.8, 4) is 16.9 Å². The Balaban J connectivity index is 2.39. The molecular weight excluding hydrogens is 274 g/mol. The zero-order valence-electron chi connectivity index (χ0n) is 11.5. The SMILES string of the molecule is COc1ccccc1-c1c(C)nn2c(Cl)cc(C)nc12. The minimum atomic E-state index is 0.553. The van der Waals surface area contributed by atoms with E-state index in [1.54, 1.807) is 17.7 Å². The Labute approximate surface area is 122 Å². The number of para-hydroxylation sites is 1. The Bertz CT molecular complexity index is 795. The number of methoxy groups -OCH3 is 1. The molecule has 0 fully saturated rings. The number of hydrogen-bond acceptors (Lipinski definition) is 3. The van der Waals surface area contributed by atoms with Crippen LogP contribution in [-0.2, 0) is 0 Å². The van der Waals surface area contributed by atoms with Crippen molar-refractivity contribution in [3.63, 3.8) is 0 Å². The van der Waals surface area contributed by atoms with Gasteiger partial charge in [-0.25, -0.2) is 9.50 Å². The highest BCUT2D eigenvalue weighted by Gasteiger charge is 2.17. The molecule has 2 aromatic heterocycles. The molecule has 3 aromatic rings. The lowest BCUT2D eigenvalue weighted by atomic mass is 10.1. The van der Waals surface area contributed by atoms with Crippen LogP contribution in [0.15, 0.2) is 30.3 Å². The molecule has 0 amide bonds. The molecule has 1 aromatic carbocycles. The van der Waals surface area contributed by atoms with E-state index in [1.807, 2.05) is 38.1 Å². The molecule has 0 radical (unpaired) electrons. The third-order valence-electron chi connectivity index (χ3n) is 3.22. The molecule has 20 heavy (non-hydrogen) atoms. The van der Waals surface area contributed by atoms with Crippen LogP contribution in [0.5, 0.6) is 5.75 Å². The van der Waals surface area contributed by atoms with Gasteiger partial charge in [-0.15, -0.1) is 0 Å². The number of rotatable bonds is 2. The first-order chi connectivity index (χ1) is 9.61. The van der Waals surface area contributed by atoms with Crippen molar-refractivity contribution in [2.45, 2.75) is 13.8 Å². The van der Waals surface area contributed by atoms with Crippen LogP contribution in [0.4, 0.5) is 0 Å². The number of fused-ring (bicyclic) bond motifs is 1. The second-order valence-corrected chi connectivity index (χ2v) is 5.00. The van der Waals surface area contributed by atoms with Crippen molar-refractivity contribution in [2.75, 3.05) is 7.11 Å². The third-order valence-corrected chi connectivity index (χ3v) is 3.49. The van der Waals surface area contributed by atoms with Gasteiger partial charge in [-0.3, -0.25) is 0 Å². The molecular formula is C15H14ClN3O. The first-order valence-electron chi connectivity index (χ1n) is 6.27. The quantitative estimate of drug-likeness (QED) is 0.675. The van der Waals surface area contributed by atoms with Crippen molar-refractivity contribution in [2.24, 2.45) is 0 Å². The van der Waals surface area contributed by atoms with Crippen LogP contribution in [-0.4, -0.2) is 21.7 Å². The van der Waals surface area contributed by atoms with Gasteiger partial charge in [0.05, 0.1) is 18.4 Å². The summed E-state index contributed by atoms with van der Waals surface area (Å²) < 4.78 is 7.09. The Hall–Kier alpha value is -2.07. The van der Waals surface area contributed by atoms with E-state index < -0.39 is 0 Å². The summed E-state index contributed by atoms with van der Waals surface area (Å²) in [5, 5.41) is 5.02. The first-order valence-corrected chi connectivity index (χ1v) is 6.65. The maximum Gasteiger partial charge on any atom is 0.165 e. The fourth-order valence-corrected chi connectivity index (χ4v) is 2.64. The van der Waals surface area contributed by atoms with E-state index in [2.05, 4.69) is 10.1 Å². The molecule has 5 heteroatoms. The lowest BCUT2D eigenvalue weighted by molar-refractivity contribution is 0.416. The smallest absolute Gasteiger partial charge is 0.165 e. The summed E-state index contributed by atoms with van der Waals surface area (Å²) in [6.07, 6.45) is 0. The molecule has 0 N–H and O–H groups in total. The van der Waals surface area contributed by atoms with E-state index in [0.717, 1.165) is 33.9 Å². The van der Waals surface area contributed by atoms with Gasteiger partial charge in [-0.1, -0.05) is 29.8 Å². The highest BCUT2D eigenvalue weighted by Crippen LogP contribution is 2.35. The van der Waals surface area contributed by atoms with Gasteiger partial charge >= 0.3 is 0 Å². The maximum atomic E-state index is 6.24. The Morgan fingerprint density at radius 3 is 2.70 bits per heavy atom. The molecule has 4 nitrogen and oxygen atoms in total. The molecule has 0 spiro atoms. The molecule has 3 rings (SSSR count). The van der Waals surface area contributed by atoms with Gasteiger partial charge in [-0.2, -0.15) is 5.10 Å². The average molecular weight is 288 g/mol. The summed E-state index contributed by atoms with van der Waals surface area (Å²) >= 11 is 6.24. The summed E-state index contributed by atoms with van der Waals surface area (Å²) in [4.78, 5) is 4.57. The molecule has 0 bridgehead atoms. The van der Waals surface area contributed by atoms with Gasteiger partial charge in [0.25, 0.3) is 0 Å². The molecule has 0 aliphatic heterocycles. The van der Waals surface area contributed by atoms with Crippen LogP contribution >= 0.6 is 11.6 Å². The zero-order valence-corrected chi connectivity index (χ0v) is 12.3. The highest BCUT2D eigenvalue weighted by atomic mass is 35.5. The Morgan fingerprint density at radius 2 is 1.95 bits per heavy atom. The van der Waals surface area contributed by atoms with Crippen molar-refractivity contribution < 1.29 is 4.74 Å². The van der Waals surface area contributed by atoms with Gasteiger partial charge in [0.1, 0.15) is 10.9 Å². The standard InChI is InChI=1S/C15H14ClN3O/c1-9-8-13(16)19-15(17-9)14(10(2)18-19)11-6-4-5-7-12(11)20-3/h4-8H,1-3H3. The van der Waals surface area contributed by atoms with Crippen LogP contribution in [0.3, 0.4) is 0 Å². The summed E-state index contributed by atoms with van der Waals surface area (Å²) in [7, 11) is 1.66. The monoisotopic (exact) mass is 287 g/mol. The maximum absolute atomic E-state index is 6.24. The number of hydrogen-bond donors (Lipinski definition) is 0. The number of aromatic nitrogens is 3. The average Bonchev–Trinajstić information content (AvgIpc) is 2.75. The number of ether oxygens (including phenoxy) is 1. The van der Waals surface area contributed by atoms with Gasteiger partial charge in [0, 0.05) is 11.3 Å². The minimum Gasteiger partial charge on any atom is -0.496 e. The second kappa shape index (κ2) is 4.80. The Kier molecular flexibility index (Phi) is 3.10. The van der Waals surface area contributed by atoms with Gasteiger partial charge in [0.2, 0.25) is 0 Å². The lowest BCUT2D eigenvalue weighted by Gasteiger charge is -2.07. The van der Waals surface area contributed by atoms with Gasteiger partial charge < -0.3 is 4.74 Å². The minimum absolute atomic E-state index is 0.553. The number of benzene rings is 1. The molecule has 0 saturated heterocycles. The van der Waals surface area contributed by atoms with E-state index in [0.29, 0.717) is 5.15 Å². The fourth-order valence-electron chi connectivity index (χ4n) is 2.37. The van der Waals surface area contributed by atoms with Crippen LogP contribution in [0.1, 0.15) is 11.4 Å². The van der Waals surface area contributed by atoms with Crippen molar-refractivity contribution in [3.05, 3.63) is 46.9 Å². The van der Waals surface area contributed by atoms with E-state index in [9.17, 15) is 0 Å². The first kappa shape index (κ1) is 12.9. The molecule has 0 saturated carbocycles. The third kappa shape index (κ3) is 1.93. The number of aryl methyl sites for hydroxylation is 2. The largest absolute Gasteiger partial charge is 0.496 e.